The van der Waals surface area contributed by atoms with Crippen molar-refractivity contribution in [2.45, 2.75) is 38.4 Å². The lowest BCUT2D eigenvalue weighted by Crippen LogP contribution is -2.35. The van der Waals surface area contributed by atoms with Crippen molar-refractivity contribution in [3.05, 3.63) is 0 Å². The van der Waals surface area contributed by atoms with Crippen LogP contribution in [-0.4, -0.2) is 12.2 Å². The maximum Gasteiger partial charge on any atom is 0.0548 e. The van der Waals surface area contributed by atoms with E-state index in [4.69, 9.17) is 5.73 Å². The Kier molecular flexibility index (Phi) is 1.86. The Morgan fingerprint density at radius 1 is 1.62 bits per heavy atom. The SMILES string of the molecule is CC[C@@H]1CCC(N)N1. The van der Waals surface area contributed by atoms with Gasteiger partial charge in [-0.3, -0.25) is 5.32 Å². The van der Waals surface area contributed by atoms with Gasteiger partial charge in [-0.25, -0.2) is 0 Å². The molecule has 1 aliphatic heterocycles. The van der Waals surface area contributed by atoms with Crippen molar-refractivity contribution >= 4 is 0 Å². The molecular weight excluding hydrogens is 100 g/mol. The van der Waals surface area contributed by atoms with Gasteiger partial charge in [-0.1, -0.05) is 6.92 Å². The van der Waals surface area contributed by atoms with E-state index >= 15 is 0 Å². The Labute approximate surface area is 50.4 Å². The van der Waals surface area contributed by atoms with Gasteiger partial charge in [0.15, 0.2) is 0 Å². The molecular formula is C6H14N2. The molecule has 1 heterocycles. The van der Waals surface area contributed by atoms with Crippen LogP contribution in [0.2, 0.25) is 0 Å². The summed E-state index contributed by atoms with van der Waals surface area (Å²) in [6.45, 7) is 2.19. The van der Waals surface area contributed by atoms with Gasteiger partial charge in [-0.15, -0.1) is 0 Å². The summed E-state index contributed by atoms with van der Waals surface area (Å²) in [4.78, 5) is 0. The van der Waals surface area contributed by atoms with E-state index in [0.29, 0.717) is 6.04 Å². The molecule has 0 amide bonds. The van der Waals surface area contributed by atoms with Crippen LogP contribution in [0.4, 0.5) is 0 Å². The molecule has 2 nitrogen and oxygen atoms in total. The van der Waals surface area contributed by atoms with Crippen molar-refractivity contribution in [3.8, 4) is 0 Å². The van der Waals surface area contributed by atoms with Crippen LogP contribution in [0.1, 0.15) is 26.2 Å². The highest BCUT2D eigenvalue weighted by Gasteiger charge is 2.17. The third-order valence-corrected chi connectivity index (χ3v) is 1.77. The molecule has 2 atom stereocenters. The number of nitrogens with one attached hydrogen (secondary N) is 1. The Balaban J connectivity index is 2.22. The number of hydrogen-bond donors (Lipinski definition) is 2. The fourth-order valence-corrected chi connectivity index (χ4v) is 1.17. The van der Waals surface area contributed by atoms with E-state index in [2.05, 4.69) is 12.2 Å². The average Bonchev–Trinajstić information content (AvgIpc) is 2.14. The molecule has 0 spiro atoms. The highest BCUT2D eigenvalue weighted by atomic mass is 15.1. The number of rotatable bonds is 1. The standard InChI is InChI=1S/C6H14N2/c1-2-5-3-4-6(7)8-5/h5-6,8H,2-4,7H2,1H3/t5-,6?/m1/s1. The third kappa shape index (κ3) is 1.20. The van der Waals surface area contributed by atoms with Crippen molar-refractivity contribution in [3.63, 3.8) is 0 Å². The number of hydrogen-bond acceptors (Lipinski definition) is 2. The Morgan fingerprint density at radius 3 is 2.62 bits per heavy atom. The highest BCUT2D eigenvalue weighted by molar-refractivity contribution is 4.77. The molecule has 0 bridgehead atoms. The molecule has 0 saturated carbocycles. The average molecular weight is 114 g/mol. The normalized spacial score (nSPS) is 38.2. The first-order valence-corrected chi connectivity index (χ1v) is 3.34. The van der Waals surface area contributed by atoms with Gasteiger partial charge in [-0.05, 0) is 19.3 Å². The summed E-state index contributed by atoms with van der Waals surface area (Å²) in [5.41, 5.74) is 5.59. The van der Waals surface area contributed by atoms with E-state index in [9.17, 15) is 0 Å². The predicted molar refractivity (Wildman–Crippen MR) is 34.4 cm³/mol. The zero-order chi connectivity index (χ0) is 5.98. The molecule has 1 rings (SSSR count). The van der Waals surface area contributed by atoms with Crippen LogP contribution >= 0.6 is 0 Å². The summed E-state index contributed by atoms with van der Waals surface area (Å²) in [6.07, 6.45) is 3.91. The minimum atomic E-state index is 0.278. The highest BCUT2D eigenvalue weighted by Crippen LogP contribution is 2.10. The first-order chi connectivity index (χ1) is 3.83. The summed E-state index contributed by atoms with van der Waals surface area (Å²) in [6, 6.07) is 0.699. The molecule has 8 heavy (non-hydrogen) atoms. The largest absolute Gasteiger partial charge is 0.316 e. The Morgan fingerprint density at radius 2 is 2.38 bits per heavy atom. The zero-order valence-electron chi connectivity index (χ0n) is 5.35. The van der Waals surface area contributed by atoms with E-state index in [1.54, 1.807) is 0 Å². The van der Waals surface area contributed by atoms with Gasteiger partial charge in [-0.2, -0.15) is 0 Å². The van der Waals surface area contributed by atoms with Crippen molar-refractivity contribution < 1.29 is 0 Å². The quantitative estimate of drug-likeness (QED) is 0.519. The van der Waals surface area contributed by atoms with Crippen LogP contribution in [0.15, 0.2) is 0 Å². The summed E-state index contributed by atoms with van der Waals surface area (Å²) < 4.78 is 0. The van der Waals surface area contributed by atoms with Gasteiger partial charge in [0.05, 0.1) is 6.17 Å². The molecule has 3 N–H and O–H groups in total. The minimum Gasteiger partial charge on any atom is -0.316 e. The lowest BCUT2D eigenvalue weighted by Gasteiger charge is -2.06. The van der Waals surface area contributed by atoms with Crippen molar-refractivity contribution in [1.82, 2.24) is 5.32 Å². The third-order valence-electron chi connectivity index (χ3n) is 1.77. The van der Waals surface area contributed by atoms with Gasteiger partial charge < -0.3 is 5.73 Å². The lowest BCUT2D eigenvalue weighted by molar-refractivity contribution is 0.536. The fraction of sp³-hybridized carbons (Fsp3) is 1.00. The molecule has 0 aromatic heterocycles. The lowest BCUT2D eigenvalue weighted by atomic mass is 10.2. The topological polar surface area (TPSA) is 38.0 Å². The first kappa shape index (κ1) is 6.05. The molecule has 0 radical (unpaired) electrons. The van der Waals surface area contributed by atoms with E-state index in [0.717, 1.165) is 6.42 Å². The molecule has 48 valence electrons. The van der Waals surface area contributed by atoms with Crippen LogP contribution < -0.4 is 11.1 Å². The van der Waals surface area contributed by atoms with Gasteiger partial charge >= 0.3 is 0 Å². The Hall–Kier alpha value is -0.0800. The summed E-state index contributed by atoms with van der Waals surface area (Å²) in [5.74, 6) is 0. The first-order valence-electron chi connectivity index (χ1n) is 3.34. The smallest absolute Gasteiger partial charge is 0.0548 e. The van der Waals surface area contributed by atoms with Gasteiger partial charge in [0.2, 0.25) is 0 Å². The molecule has 0 aliphatic carbocycles. The maximum absolute atomic E-state index is 5.59. The molecule has 1 aliphatic rings. The van der Waals surface area contributed by atoms with Gasteiger partial charge in [0, 0.05) is 6.04 Å². The van der Waals surface area contributed by atoms with Crippen molar-refractivity contribution in [1.29, 1.82) is 0 Å². The molecule has 1 unspecified atom stereocenters. The van der Waals surface area contributed by atoms with Crippen LogP contribution in [-0.2, 0) is 0 Å². The molecule has 2 heteroatoms. The van der Waals surface area contributed by atoms with E-state index in [1.807, 2.05) is 0 Å². The second-order valence-electron chi connectivity index (χ2n) is 2.46. The summed E-state index contributed by atoms with van der Waals surface area (Å²) in [5, 5.41) is 3.28. The Bertz CT molecular complexity index is 72.9. The van der Waals surface area contributed by atoms with Crippen LogP contribution in [0, 0.1) is 0 Å². The van der Waals surface area contributed by atoms with Gasteiger partial charge in [0.1, 0.15) is 0 Å². The van der Waals surface area contributed by atoms with E-state index in [-0.39, 0.29) is 6.17 Å². The fourth-order valence-electron chi connectivity index (χ4n) is 1.17. The summed E-state index contributed by atoms with van der Waals surface area (Å²) >= 11 is 0. The molecule has 0 aromatic rings. The second-order valence-corrected chi connectivity index (χ2v) is 2.46. The van der Waals surface area contributed by atoms with Crippen LogP contribution in [0.3, 0.4) is 0 Å². The molecule has 1 saturated heterocycles. The van der Waals surface area contributed by atoms with Gasteiger partial charge in [0.25, 0.3) is 0 Å². The van der Waals surface area contributed by atoms with Crippen LogP contribution in [0.5, 0.6) is 0 Å². The second kappa shape index (κ2) is 2.46. The monoisotopic (exact) mass is 114 g/mol. The van der Waals surface area contributed by atoms with Crippen LogP contribution in [0.25, 0.3) is 0 Å². The summed E-state index contributed by atoms with van der Waals surface area (Å²) in [7, 11) is 0. The maximum atomic E-state index is 5.59. The zero-order valence-corrected chi connectivity index (χ0v) is 5.35. The minimum absolute atomic E-state index is 0.278. The van der Waals surface area contributed by atoms with E-state index in [1.165, 1.54) is 12.8 Å². The molecule has 1 fully saturated rings. The van der Waals surface area contributed by atoms with Crippen molar-refractivity contribution in [2.24, 2.45) is 5.73 Å². The number of nitrogens with two attached hydrogens (primary N) is 1. The van der Waals surface area contributed by atoms with Crippen molar-refractivity contribution in [2.75, 3.05) is 0 Å². The predicted octanol–water partition coefficient (Wildman–Crippen LogP) is 0.433. The van der Waals surface area contributed by atoms with E-state index < -0.39 is 0 Å². The molecule has 0 aromatic carbocycles.